The number of fused-ring (bicyclic) bond motifs is 1. The van der Waals surface area contributed by atoms with Crippen molar-refractivity contribution in [3.63, 3.8) is 0 Å². The van der Waals surface area contributed by atoms with Crippen LogP contribution in [0, 0.1) is 5.92 Å². The fourth-order valence-electron chi connectivity index (χ4n) is 3.35. The van der Waals surface area contributed by atoms with Gasteiger partial charge in [0.25, 0.3) is 5.91 Å². The summed E-state index contributed by atoms with van der Waals surface area (Å²) in [5.74, 6) is 0.287. The van der Waals surface area contributed by atoms with Gasteiger partial charge in [-0.05, 0) is 47.9 Å². The maximum absolute atomic E-state index is 12.5. The second kappa shape index (κ2) is 7.75. The van der Waals surface area contributed by atoms with Crippen LogP contribution < -0.4 is 10.6 Å². The molecule has 1 aromatic carbocycles. The highest BCUT2D eigenvalue weighted by atomic mass is 16.5. The van der Waals surface area contributed by atoms with E-state index in [0.29, 0.717) is 43.4 Å². The van der Waals surface area contributed by atoms with Gasteiger partial charge in [0.05, 0.1) is 6.61 Å². The van der Waals surface area contributed by atoms with Gasteiger partial charge in [0, 0.05) is 55.8 Å². The lowest BCUT2D eigenvalue weighted by molar-refractivity contribution is 0.0945. The minimum Gasteiger partial charge on any atom is -0.381 e. The van der Waals surface area contributed by atoms with Crippen molar-refractivity contribution in [3.8, 4) is 0 Å². The highest BCUT2D eigenvalue weighted by Gasteiger charge is 2.23. The average Bonchev–Trinajstić information content (AvgIpc) is 3.36. The van der Waals surface area contributed by atoms with E-state index >= 15 is 0 Å². The number of hydrogen-bond acceptors (Lipinski definition) is 4. The number of ether oxygens (including phenoxy) is 1. The number of amides is 3. The van der Waals surface area contributed by atoms with Crippen LogP contribution in [-0.4, -0.2) is 41.6 Å². The fraction of sp³-hybridized carbons (Fsp3) is 0.350. The first-order chi connectivity index (χ1) is 13.2. The smallest absolute Gasteiger partial charge is 0.322 e. The first-order valence-corrected chi connectivity index (χ1v) is 9.13. The topological polar surface area (TPSA) is 83.6 Å². The molecule has 2 aliphatic rings. The van der Waals surface area contributed by atoms with Crippen LogP contribution in [-0.2, 0) is 17.8 Å². The SMILES string of the molecule is O=C(NCC1CCOC1)c1ccc(NC(=O)N2Cc3ccncc3C2)cc1. The summed E-state index contributed by atoms with van der Waals surface area (Å²) in [5, 5.41) is 5.82. The zero-order valence-electron chi connectivity index (χ0n) is 15.0. The number of carbonyl (C=O) groups excluding carboxylic acids is 2. The van der Waals surface area contributed by atoms with Gasteiger partial charge in [-0.25, -0.2) is 4.79 Å². The Labute approximate surface area is 157 Å². The van der Waals surface area contributed by atoms with Gasteiger partial charge in [-0.15, -0.1) is 0 Å². The molecule has 1 atom stereocenters. The van der Waals surface area contributed by atoms with Crippen LogP contribution in [0.2, 0.25) is 0 Å². The molecule has 2 aliphatic heterocycles. The molecule has 0 bridgehead atoms. The third-order valence-electron chi connectivity index (χ3n) is 4.99. The summed E-state index contributed by atoms with van der Waals surface area (Å²) >= 11 is 0. The molecule has 3 amide bonds. The molecule has 7 heteroatoms. The number of benzene rings is 1. The summed E-state index contributed by atoms with van der Waals surface area (Å²) in [4.78, 5) is 30.5. The Kier molecular flexibility index (Phi) is 5.02. The van der Waals surface area contributed by atoms with Gasteiger partial charge >= 0.3 is 6.03 Å². The molecule has 0 aliphatic carbocycles. The number of nitrogens with zero attached hydrogens (tertiary/aromatic N) is 2. The van der Waals surface area contributed by atoms with Crippen LogP contribution in [0.15, 0.2) is 42.7 Å². The van der Waals surface area contributed by atoms with Gasteiger partial charge < -0.3 is 20.3 Å². The van der Waals surface area contributed by atoms with Gasteiger partial charge in [-0.1, -0.05) is 0 Å². The molecule has 3 heterocycles. The molecule has 1 unspecified atom stereocenters. The van der Waals surface area contributed by atoms with E-state index in [-0.39, 0.29) is 11.9 Å². The molecule has 0 saturated carbocycles. The minimum atomic E-state index is -0.162. The number of hydrogen-bond donors (Lipinski definition) is 2. The molecule has 4 rings (SSSR count). The van der Waals surface area contributed by atoms with Crippen molar-refractivity contribution in [2.75, 3.05) is 25.1 Å². The van der Waals surface area contributed by atoms with Crippen LogP contribution in [0.25, 0.3) is 0 Å². The average molecular weight is 366 g/mol. The monoisotopic (exact) mass is 366 g/mol. The first-order valence-electron chi connectivity index (χ1n) is 9.13. The van der Waals surface area contributed by atoms with E-state index in [9.17, 15) is 9.59 Å². The van der Waals surface area contributed by atoms with E-state index < -0.39 is 0 Å². The normalized spacial score (nSPS) is 18.2. The van der Waals surface area contributed by atoms with E-state index in [1.807, 2.05) is 6.07 Å². The lowest BCUT2D eigenvalue weighted by atomic mass is 10.1. The zero-order chi connectivity index (χ0) is 18.6. The van der Waals surface area contributed by atoms with Gasteiger partial charge in [-0.3, -0.25) is 9.78 Å². The van der Waals surface area contributed by atoms with E-state index in [4.69, 9.17) is 4.74 Å². The van der Waals surface area contributed by atoms with Gasteiger partial charge in [0.2, 0.25) is 0 Å². The van der Waals surface area contributed by atoms with Gasteiger partial charge in [-0.2, -0.15) is 0 Å². The maximum atomic E-state index is 12.5. The van der Waals surface area contributed by atoms with E-state index in [1.54, 1.807) is 41.6 Å². The molecular weight excluding hydrogens is 344 g/mol. The van der Waals surface area contributed by atoms with Gasteiger partial charge in [0.1, 0.15) is 0 Å². The Morgan fingerprint density at radius 3 is 2.70 bits per heavy atom. The van der Waals surface area contributed by atoms with E-state index in [1.165, 1.54) is 0 Å². The number of aromatic nitrogens is 1. The predicted octanol–water partition coefficient (Wildman–Crippen LogP) is 2.40. The number of nitrogens with one attached hydrogen (secondary N) is 2. The number of rotatable bonds is 4. The summed E-state index contributed by atoms with van der Waals surface area (Å²) in [5.41, 5.74) is 3.44. The van der Waals surface area contributed by atoms with Crippen molar-refractivity contribution in [1.82, 2.24) is 15.2 Å². The lowest BCUT2D eigenvalue weighted by Gasteiger charge is -2.16. The molecule has 1 fully saturated rings. The van der Waals surface area contributed by atoms with E-state index in [2.05, 4.69) is 15.6 Å². The molecule has 1 aromatic heterocycles. The van der Waals surface area contributed by atoms with Crippen molar-refractivity contribution in [2.45, 2.75) is 19.5 Å². The molecule has 2 N–H and O–H groups in total. The highest BCUT2D eigenvalue weighted by Crippen LogP contribution is 2.22. The van der Waals surface area contributed by atoms with Crippen LogP contribution in [0.4, 0.5) is 10.5 Å². The molecule has 1 saturated heterocycles. The molecule has 27 heavy (non-hydrogen) atoms. The number of urea groups is 1. The molecule has 0 spiro atoms. The Balaban J connectivity index is 1.30. The molecule has 2 aromatic rings. The van der Waals surface area contributed by atoms with Crippen LogP contribution in [0.5, 0.6) is 0 Å². The summed E-state index contributed by atoms with van der Waals surface area (Å²) in [7, 11) is 0. The van der Waals surface area contributed by atoms with Crippen molar-refractivity contribution in [2.24, 2.45) is 5.92 Å². The molecular formula is C20H22N4O3. The molecule has 0 radical (unpaired) electrons. The summed E-state index contributed by atoms with van der Waals surface area (Å²) in [6.07, 6.45) is 4.53. The molecule has 7 nitrogen and oxygen atoms in total. The second-order valence-electron chi connectivity index (χ2n) is 6.95. The quantitative estimate of drug-likeness (QED) is 0.870. The minimum absolute atomic E-state index is 0.109. The van der Waals surface area contributed by atoms with E-state index in [0.717, 1.165) is 24.2 Å². The zero-order valence-corrected chi connectivity index (χ0v) is 15.0. The third kappa shape index (κ3) is 4.09. The maximum Gasteiger partial charge on any atom is 0.322 e. The fourth-order valence-corrected chi connectivity index (χ4v) is 3.35. The van der Waals surface area contributed by atoms with Crippen molar-refractivity contribution in [3.05, 3.63) is 59.4 Å². The number of anilines is 1. The van der Waals surface area contributed by atoms with Crippen molar-refractivity contribution >= 4 is 17.6 Å². The van der Waals surface area contributed by atoms with Gasteiger partial charge in [0.15, 0.2) is 0 Å². The van der Waals surface area contributed by atoms with Crippen molar-refractivity contribution in [1.29, 1.82) is 0 Å². The summed E-state index contributed by atoms with van der Waals surface area (Å²) in [6, 6.07) is 8.71. The van der Waals surface area contributed by atoms with Crippen molar-refractivity contribution < 1.29 is 14.3 Å². The summed E-state index contributed by atoms with van der Waals surface area (Å²) in [6.45, 7) is 3.24. The Bertz CT molecular complexity index is 806. The summed E-state index contributed by atoms with van der Waals surface area (Å²) < 4.78 is 5.31. The first kappa shape index (κ1) is 17.5. The second-order valence-corrected chi connectivity index (χ2v) is 6.95. The van der Waals surface area contributed by atoms with Crippen LogP contribution >= 0.6 is 0 Å². The number of carbonyl (C=O) groups is 2. The lowest BCUT2D eigenvalue weighted by Crippen LogP contribution is -2.30. The standard InChI is InChI=1S/C20H22N4O3/c25-19(22-9-14-6-8-27-13-14)15-1-3-18(4-2-15)23-20(26)24-11-16-5-7-21-10-17(16)12-24/h1-5,7,10,14H,6,8-9,11-13H2,(H,22,25)(H,23,26). The molecule has 140 valence electrons. The predicted molar refractivity (Wildman–Crippen MR) is 100 cm³/mol. The Morgan fingerprint density at radius 1 is 1.15 bits per heavy atom. The number of pyridine rings is 1. The van der Waals surface area contributed by atoms with Crippen LogP contribution in [0.1, 0.15) is 27.9 Å². The Morgan fingerprint density at radius 2 is 1.96 bits per heavy atom. The van der Waals surface area contributed by atoms with Crippen LogP contribution in [0.3, 0.4) is 0 Å². The Hall–Kier alpha value is -2.93. The highest BCUT2D eigenvalue weighted by molar-refractivity contribution is 5.95. The largest absolute Gasteiger partial charge is 0.381 e. The third-order valence-corrected chi connectivity index (χ3v) is 4.99.